The fourth-order valence-corrected chi connectivity index (χ4v) is 1.81. The summed E-state index contributed by atoms with van der Waals surface area (Å²) in [5.41, 5.74) is 5.49. The molecule has 2 rings (SSSR count). The summed E-state index contributed by atoms with van der Waals surface area (Å²) in [4.78, 5) is 14.7. The van der Waals surface area contributed by atoms with Crippen molar-refractivity contribution in [2.75, 3.05) is 5.43 Å². The van der Waals surface area contributed by atoms with E-state index in [0.717, 1.165) is 11.4 Å². The second-order valence-electron chi connectivity index (χ2n) is 4.15. The van der Waals surface area contributed by atoms with E-state index in [1.807, 2.05) is 26.0 Å². The summed E-state index contributed by atoms with van der Waals surface area (Å²) in [6.45, 7) is 5.53. The molecule has 18 heavy (non-hydrogen) atoms. The van der Waals surface area contributed by atoms with Gasteiger partial charge in [-0.15, -0.1) is 0 Å². The maximum atomic E-state index is 11.1. The van der Waals surface area contributed by atoms with Crippen molar-refractivity contribution in [2.24, 2.45) is 0 Å². The highest BCUT2D eigenvalue weighted by atomic mass is 16.6. The molecule has 2 aromatic rings. The van der Waals surface area contributed by atoms with Crippen molar-refractivity contribution >= 4 is 11.5 Å². The Balaban J connectivity index is 2.47. The molecule has 1 N–H and O–H groups in total. The molecule has 0 atom stereocenters. The highest BCUT2D eigenvalue weighted by Gasteiger charge is 2.19. The summed E-state index contributed by atoms with van der Waals surface area (Å²) in [6.07, 6.45) is 1.55. The van der Waals surface area contributed by atoms with E-state index >= 15 is 0 Å². The first-order valence-corrected chi connectivity index (χ1v) is 5.52. The molecule has 0 fully saturated rings. The predicted molar refractivity (Wildman–Crippen MR) is 68.6 cm³/mol. The van der Waals surface area contributed by atoms with Crippen LogP contribution in [-0.4, -0.2) is 14.6 Å². The Morgan fingerprint density at radius 1 is 1.22 bits per heavy atom. The van der Waals surface area contributed by atoms with Crippen LogP contribution in [0.3, 0.4) is 0 Å². The molecule has 0 saturated carbocycles. The first-order chi connectivity index (χ1) is 8.50. The third-order valence-electron chi connectivity index (χ3n) is 2.80. The summed E-state index contributed by atoms with van der Waals surface area (Å²) in [5, 5.41) is 11.1. The predicted octanol–water partition coefficient (Wildman–Crippen LogP) is 2.59. The van der Waals surface area contributed by atoms with Crippen LogP contribution < -0.4 is 5.43 Å². The highest BCUT2D eigenvalue weighted by Crippen LogP contribution is 2.26. The third kappa shape index (κ3) is 2.04. The standard InChI is InChI=1S/C12H14N4O2/c1-8-6-7-13-12(11(8)16(17)18)14-15-9(2)4-5-10(15)3/h4-7H,1-3H3,(H,13,14). The van der Waals surface area contributed by atoms with Gasteiger partial charge in [0.25, 0.3) is 0 Å². The van der Waals surface area contributed by atoms with Crippen molar-refractivity contribution in [3.05, 3.63) is 51.5 Å². The first kappa shape index (κ1) is 12.1. The van der Waals surface area contributed by atoms with Crippen LogP contribution in [0.2, 0.25) is 0 Å². The van der Waals surface area contributed by atoms with Gasteiger partial charge in [0.1, 0.15) is 0 Å². The molecule has 94 valence electrons. The summed E-state index contributed by atoms with van der Waals surface area (Å²) in [7, 11) is 0. The van der Waals surface area contributed by atoms with Crippen LogP contribution in [0, 0.1) is 30.9 Å². The van der Waals surface area contributed by atoms with Crippen molar-refractivity contribution in [1.82, 2.24) is 9.66 Å². The number of hydrogen-bond donors (Lipinski definition) is 1. The molecular formula is C12H14N4O2. The number of aryl methyl sites for hydroxylation is 3. The van der Waals surface area contributed by atoms with Crippen LogP contribution in [0.1, 0.15) is 17.0 Å². The van der Waals surface area contributed by atoms with Gasteiger partial charge < -0.3 is 0 Å². The lowest BCUT2D eigenvalue weighted by molar-refractivity contribution is -0.384. The first-order valence-electron chi connectivity index (χ1n) is 5.52. The van der Waals surface area contributed by atoms with Crippen LogP contribution in [0.4, 0.5) is 11.5 Å². The number of nitrogens with zero attached hydrogens (tertiary/aromatic N) is 3. The Morgan fingerprint density at radius 3 is 2.39 bits per heavy atom. The van der Waals surface area contributed by atoms with Gasteiger partial charge in [-0.1, -0.05) is 0 Å². The summed E-state index contributed by atoms with van der Waals surface area (Å²) >= 11 is 0. The van der Waals surface area contributed by atoms with E-state index < -0.39 is 4.92 Å². The van der Waals surface area contributed by atoms with Crippen molar-refractivity contribution in [3.8, 4) is 0 Å². The molecule has 0 unspecified atom stereocenters. The minimum absolute atomic E-state index is 0.00463. The SMILES string of the molecule is Cc1ccnc(Nn2c(C)ccc2C)c1[N+](=O)[O-]. The lowest BCUT2D eigenvalue weighted by atomic mass is 10.2. The maximum absolute atomic E-state index is 11.1. The van der Waals surface area contributed by atoms with Gasteiger partial charge in [0.05, 0.1) is 4.92 Å². The summed E-state index contributed by atoms with van der Waals surface area (Å²) in [6, 6.07) is 5.49. The molecule has 0 saturated heterocycles. The molecule has 0 radical (unpaired) electrons. The quantitative estimate of drug-likeness (QED) is 0.667. The van der Waals surface area contributed by atoms with Crippen molar-refractivity contribution < 1.29 is 4.92 Å². The average molecular weight is 246 g/mol. The number of hydrogen-bond acceptors (Lipinski definition) is 4. The summed E-state index contributed by atoms with van der Waals surface area (Å²) < 4.78 is 1.77. The largest absolute Gasteiger partial charge is 0.315 e. The van der Waals surface area contributed by atoms with E-state index in [-0.39, 0.29) is 11.5 Å². The van der Waals surface area contributed by atoms with Crippen LogP contribution in [0.25, 0.3) is 0 Å². The second kappa shape index (κ2) is 4.48. The number of rotatable bonds is 3. The van der Waals surface area contributed by atoms with Gasteiger partial charge >= 0.3 is 5.69 Å². The smallest absolute Gasteiger partial charge is 0.272 e. The van der Waals surface area contributed by atoms with Crippen LogP contribution >= 0.6 is 0 Å². The lowest BCUT2D eigenvalue weighted by Crippen LogP contribution is -2.15. The maximum Gasteiger partial charge on any atom is 0.315 e. The summed E-state index contributed by atoms with van der Waals surface area (Å²) in [5.74, 6) is 0.252. The minimum atomic E-state index is -0.418. The number of nitrogens with one attached hydrogen (secondary N) is 1. The van der Waals surface area contributed by atoms with Crippen molar-refractivity contribution in [3.63, 3.8) is 0 Å². The molecule has 0 bridgehead atoms. The average Bonchev–Trinajstić information content (AvgIpc) is 2.60. The molecule has 0 spiro atoms. The minimum Gasteiger partial charge on any atom is -0.272 e. The Labute approximate surface area is 104 Å². The number of aromatic nitrogens is 2. The number of anilines is 1. The van der Waals surface area contributed by atoms with Gasteiger partial charge in [-0.2, -0.15) is 0 Å². The van der Waals surface area contributed by atoms with E-state index in [4.69, 9.17) is 0 Å². The third-order valence-corrected chi connectivity index (χ3v) is 2.80. The zero-order chi connectivity index (χ0) is 13.3. The fraction of sp³-hybridized carbons (Fsp3) is 0.250. The fourth-order valence-electron chi connectivity index (χ4n) is 1.81. The number of pyridine rings is 1. The van der Waals surface area contributed by atoms with E-state index in [1.165, 1.54) is 0 Å². The zero-order valence-corrected chi connectivity index (χ0v) is 10.5. The zero-order valence-electron chi connectivity index (χ0n) is 10.5. The van der Waals surface area contributed by atoms with Crippen LogP contribution in [-0.2, 0) is 0 Å². The molecule has 0 aliphatic rings. The highest BCUT2D eigenvalue weighted by molar-refractivity contribution is 5.59. The molecule has 0 aliphatic heterocycles. The van der Waals surface area contributed by atoms with E-state index in [0.29, 0.717) is 5.56 Å². The molecule has 6 nitrogen and oxygen atoms in total. The molecule has 0 aromatic carbocycles. The van der Waals surface area contributed by atoms with Crippen LogP contribution in [0.5, 0.6) is 0 Å². The monoisotopic (exact) mass is 246 g/mol. The molecular weight excluding hydrogens is 232 g/mol. The van der Waals surface area contributed by atoms with E-state index in [2.05, 4.69) is 10.4 Å². The Kier molecular flexibility index (Phi) is 3.01. The normalized spacial score (nSPS) is 10.4. The van der Waals surface area contributed by atoms with Gasteiger partial charge in [-0.3, -0.25) is 20.2 Å². The van der Waals surface area contributed by atoms with E-state index in [9.17, 15) is 10.1 Å². The molecule has 2 aromatic heterocycles. The molecule has 0 amide bonds. The molecule has 0 aliphatic carbocycles. The van der Waals surface area contributed by atoms with Gasteiger partial charge in [0.15, 0.2) is 0 Å². The second-order valence-corrected chi connectivity index (χ2v) is 4.15. The molecule has 2 heterocycles. The van der Waals surface area contributed by atoms with Gasteiger partial charge in [-0.05, 0) is 39.0 Å². The number of nitro groups is 1. The topological polar surface area (TPSA) is 73.0 Å². The Bertz CT molecular complexity index is 585. The Morgan fingerprint density at radius 2 is 1.83 bits per heavy atom. The van der Waals surface area contributed by atoms with E-state index in [1.54, 1.807) is 23.9 Å². The molecule has 6 heteroatoms. The van der Waals surface area contributed by atoms with Crippen LogP contribution in [0.15, 0.2) is 24.4 Å². The Hall–Kier alpha value is -2.37. The van der Waals surface area contributed by atoms with Gasteiger partial charge in [0.2, 0.25) is 5.82 Å². The van der Waals surface area contributed by atoms with Gasteiger partial charge in [-0.25, -0.2) is 4.98 Å². The van der Waals surface area contributed by atoms with Crippen molar-refractivity contribution in [2.45, 2.75) is 20.8 Å². The lowest BCUT2D eigenvalue weighted by Gasteiger charge is -2.12. The van der Waals surface area contributed by atoms with Gasteiger partial charge in [0, 0.05) is 23.1 Å². The van der Waals surface area contributed by atoms with Crippen molar-refractivity contribution in [1.29, 1.82) is 0 Å².